The van der Waals surface area contributed by atoms with Crippen molar-refractivity contribution in [2.45, 2.75) is 19.3 Å². The lowest BCUT2D eigenvalue weighted by Crippen LogP contribution is -2.16. The summed E-state index contributed by atoms with van der Waals surface area (Å²) in [6.07, 6.45) is 3.94. The highest BCUT2D eigenvalue weighted by Crippen LogP contribution is 2.40. The Morgan fingerprint density at radius 2 is 2.04 bits per heavy atom. The maximum Gasteiger partial charge on any atom is 0.220 e. The number of hydrogen-bond donors (Lipinski definition) is 1. The van der Waals surface area contributed by atoms with Crippen LogP contribution in [-0.4, -0.2) is 50.3 Å². The average molecular weight is 428 g/mol. The van der Waals surface area contributed by atoms with E-state index in [9.17, 15) is 14.1 Å². The number of hydrogen-bond acceptors (Lipinski definition) is 7. The fourth-order valence-corrected chi connectivity index (χ4v) is 5.52. The molecule has 0 saturated carbocycles. The van der Waals surface area contributed by atoms with E-state index in [2.05, 4.69) is 9.46 Å². The van der Waals surface area contributed by atoms with E-state index in [0.717, 1.165) is 19.3 Å². The summed E-state index contributed by atoms with van der Waals surface area (Å²) in [5.41, 5.74) is 0.301. The number of benzene rings is 1. The zero-order chi connectivity index (χ0) is 20.3. The maximum absolute atomic E-state index is 13.1. The second kappa shape index (κ2) is 8.50. The molecule has 2 heterocycles. The molecule has 1 aliphatic heterocycles. The standard InChI is InChI=1S/C18H22ClN3O5S/c1-22-18(24)13(10-20-22)17(23)12-6-7-14(27-11-26-2)16(15(12)19)21-28(25)8-4-3-5-9-28/h6-7,10,24H,3-5,8-9,11H2,1-2H3. The Morgan fingerprint density at radius 3 is 2.64 bits per heavy atom. The Morgan fingerprint density at radius 1 is 1.32 bits per heavy atom. The summed E-state index contributed by atoms with van der Waals surface area (Å²) >= 11 is 6.51. The van der Waals surface area contributed by atoms with E-state index in [0.29, 0.717) is 11.5 Å². The minimum Gasteiger partial charge on any atom is -0.493 e. The molecular formula is C18H22ClN3O5S. The Bertz CT molecular complexity index is 999. The second-order valence-corrected chi connectivity index (χ2v) is 9.41. The van der Waals surface area contributed by atoms with Crippen LogP contribution < -0.4 is 4.74 Å². The highest BCUT2D eigenvalue weighted by atomic mass is 35.5. The van der Waals surface area contributed by atoms with Crippen LogP contribution in [0.4, 0.5) is 5.69 Å². The summed E-state index contributed by atoms with van der Waals surface area (Å²) in [6, 6.07) is 3.02. The monoisotopic (exact) mass is 427 g/mol. The summed E-state index contributed by atoms with van der Waals surface area (Å²) in [5.74, 6) is 0.469. The van der Waals surface area contributed by atoms with Crippen molar-refractivity contribution in [2.75, 3.05) is 25.4 Å². The predicted octanol–water partition coefficient (Wildman–Crippen LogP) is 3.28. The van der Waals surface area contributed by atoms with Crippen molar-refractivity contribution in [3.8, 4) is 11.6 Å². The number of halogens is 1. The third-order valence-electron chi connectivity index (χ3n) is 4.49. The largest absolute Gasteiger partial charge is 0.493 e. The molecule has 1 saturated heterocycles. The van der Waals surface area contributed by atoms with E-state index in [-0.39, 0.29) is 40.3 Å². The number of methoxy groups -OCH3 is 1. The fourth-order valence-electron chi connectivity index (χ4n) is 2.97. The van der Waals surface area contributed by atoms with E-state index in [1.807, 2.05) is 0 Å². The smallest absolute Gasteiger partial charge is 0.220 e. The van der Waals surface area contributed by atoms with Gasteiger partial charge in [-0.25, -0.2) is 8.89 Å². The third kappa shape index (κ3) is 4.16. The van der Waals surface area contributed by atoms with Crippen LogP contribution in [0.1, 0.15) is 35.2 Å². The van der Waals surface area contributed by atoms with Gasteiger partial charge < -0.3 is 14.6 Å². The molecule has 1 aromatic carbocycles. The highest BCUT2D eigenvalue weighted by Gasteiger charge is 2.25. The summed E-state index contributed by atoms with van der Waals surface area (Å²) in [4.78, 5) is 12.9. The molecule has 3 rings (SSSR count). The minimum absolute atomic E-state index is 0.0164. The molecular weight excluding hydrogens is 406 g/mol. The number of ketones is 1. The van der Waals surface area contributed by atoms with Gasteiger partial charge in [-0.05, 0) is 25.0 Å². The van der Waals surface area contributed by atoms with Gasteiger partial charge in [-0.15, -0.1) is 0 Å². The van der Waals surface area contributed by atoms with Crippen molar-refractivity contribution in [1.82, 2.24) is 9.78 Å². The van der Waals surface area contributed by atoms with Gasteiger partial charge in [0.2, 0.25) is 11.7 Å². The van der Waals surface area contributed by atoms with Crippen molar-refractivity contribution in [2.24, 2.45) is 11.4 Å². The molecule has 0 amide bonds. The van der Waals surface area contributed by atoms with Crippen molar-refractivity contribution >= 4 is 32.8 Å². The summed E-state index contributed by atoms with van der Waals surface area (Å²) in [6.45, 7) is -0.0449. The molecule has 0 bridgehead atoms. The van der Waals surface area contributed by atoms with Crippen LogP contribution in [0, 0.1) is 0 Å². The Labute approximate surface area is 168 Å². The molecule has 0 aliphatic carbocycles. The zero-order valence-electron chi connectivity index (χ0n) is 15.7. The van der Waals surface area contributed by atoms with Gasteiger partial charge in [0.25, 0.3) is 0 Å². The molecule has 1 aromatic heterocycles. The lowest BCUT2D eigenvalue weighted by molar-refractivity contribution is 0.0515. The molecule has 0 atom stereocenters. The molecule has 10 heteroatoms. The molecule has 28 heavy (non-hydrogen) atoms. The number of carbonyl (C=O) groups excluding carboxylic acids is 1. The number of aryl methyl sites for hydroxylation is 1. The molecule has 0 unspecified atom stereocenters. The molecule has 2 aromatic rings. The van der Waals surface area contributed by atoms with Crippen LogP contribution in [0.5, 0.6) is 11.6 Å². The van der Waals surface area contributed by atoms with Crippen molar-refractivity contribution in [3.05, 3.63) is 34.5 Å². The van der Waals surface area contributed by atoms with E-state index in [1.54, 1.807) is 0 Å². The van der Waals surface area contributed by atoms with Gasteiger partial charge in [0.1, 0.15) is 11.3 Å². The van der Waals surface area contributed by atoms with Gasteiger partial charge >= 0.3 is 0 Å². The van der Waals surface area contributed by atoms with Crippen LogP contribution >= 0.6 is 11.6 Å². The fraction of sp³-hybridized carbons (Fsp3) is 0.444. The van der Waals surface area contributed by atoms with Crippen LogP contribution in [0.25, 0.3) is 0 Å². The van der Waals surface area contributed by atoms with E-state index in [1.165, 1.54) is 37.2 Å². The van der Waals surface area contributed by atoms with Crippen LogP contribution in [0.2, 0.25) is 5.02 Å². The minimum atomic E-state index is -2.48. The third-order valence-corrected chi connectivity index (χ3v) is 7.24. The van der Waals surface area contributed by atoms with Gasteiger partial charge in [-0.1, -0.05) is 18.0 Å². The van der Waals surface area contributed by atoms with Crippen LogP contribution in [0.3, 0.4) is 0 Å². The first-order chi connectivity index (χ1) is 13.4. The Kier molecular flexibility index (Phi) is 6.26. The van der Waals surface area contributed by atoms with Gasteiger partial charge in [-0.2, -0.15) is 9.46 Å². The van der Waals surface area contributed by atoms with E-state index < -0.39 is 15.5 Å². The first-order valence-corrected chi connectivity index (χ1v) is 11.0. The molecule has 1 N–H and O–H groups in total. The maximum atomic E-state index is 13.1. The lowest BCUT2D eigenvalue weighted by Gasteiger charge is -2.17. The topological polar surface area (TPSA) is 103 Å². The van der Waals surface area contributed by atoms with Crippen molar-refractivity contribution in [1.29, 1.82) is 0 Å². The molecule has 0 spiro atoms. The lowest BCUT2D eigenvalue weighted by atomic mass is 10.0. The number of aromatic nitrogens is 2. The molecule has 0 radical (unpaired) electrons. The molecule has 1 fully saturated rings. The SMILES string of the molecule is COCOc1ccc(C(=O)c2cnn(C)c2O)c(Cl)c1N=S1(=O)CCCCC1. The van der Waals surface area contributed by atoms with Crippen LogP contribution in [0.15, 0.2) is 22.7 Å². The highest BCUT2D eigenvalue weighted by molar-refractivity contribution is 7.93. The van der Waals surface area contributed by atoms with Gasteiger partial charge in [0, 0.05) is 31.2 Å². The normalized spacial score (nSPS) is 16.0. The Balaban J connectivity index is 2.11. The Hall–Kier alpha value is -2.10. The van der Waals surface area contributed by atoms with Crippen molar-refractivity contribution in [3.63, 3.8) is 0 Å². The number of rotatable bonds is 6. The van der Waals surface area contributed by atoms with Gasteiger partial charge in [-0.3, -0.25) is 4.79 Å². The number of ether oxygens (including phenoxy) is 2. The van der Waals surface area contributed by atoms with E-state index >= 15 is 0 Å². The van der Waals surface area contributed by atoms with Crippen LogP contribution in [-0.2, 0) is 21.5 Å². The zero-order valence-corrected chi connectivity index (χ0v) is 17.3. The predicted molar refractivity (Wildman–Crippen MR) is 106 cm³/mol. The summed E-state index contributed by atoms with van der Waals surface area (Å²) < 4.78 is 29.2. The van der Waals surface area contributed by atoms with Gasteiger partial charge in [0.05, 0.1) is 20.9 Å². The second-order valence-electron chi connectivity index (χ2n) is 6.49. The molecule has 152 valence electrons. The molecule has 1 aliphatic rings. The number of carbonyl (C=O) groups is 1. The quantitative estimate of drug-likeness (QED) is 0.560. The van der Waals surface area contributed by atoms with Gasteiger partial charge in [0.15, 0.2) is 12.5 Å². The summed E-state index contributed by atoms with van der Waals surface area (Å²) in [7, 11) is 0.511. The first kappa shape index (κ1) is 20.6. The van der Waals surface area contributed by atoms with Crippen molar-refractivity contribution < 1.29 is 23.6 Å². The van der Waals surface area contributed by atoms with E-state index in [4.69, 9.17) is 21.1 Å². The summed E-state index contributed by atoms with van der Waals surface area (Å²) in [5, 5.41) is 13.9. The average Bonchev–Trinajstić information content (AvgIpc) is 3.01. The molecule has 8 nitrogen and oxygen atoms in total. The number of nitrogens with zero attached hydrogens (tertiary/aromatic N) is 3. The first-order valence-electron chi connectivity index (χ1n) is 8.79. The number of aromatic hydroxyl groups is 1.